The molecule has 6 N–H and O–H groups in total. The van der Waals surface area contributed by atoms with Crippen LogP contribution in [0, 0.1) is 23.2 Å². The van der Waals surface area contributed by atoms with E-state index in [1.54, 1.807) is 6.20 Å². The fraction of sp³-hybridized carbons (Fsp3) is 0.435. The van der Waals surface area contributed by atoms with Crippen LogP contribution in [0.1, 0.15) is 69.6 Å². The summed E-state index contributed by atoms with van der Waals surface area (Å²) in [6.45, 7) is 8.72. The fourth-order valence-electron chi connectivity index (χ4n) is 3.93. The summed E-state index contributed by atoms with van der Waals surface area (Å²) in [7, 11) is 0. The van der Waals surface area contributed by atoms with Crippen molar-refractivity contribution in [3.63, 3.8) is 0 Å². The predicted octanol–water partition coefficient (Wildman–Crippen LogP) is 5.15. The molecule has 0 amide bonds. The Morgan fingerprint density at radius 3 is 2.61 bits per heavy atom. The third-order valence-electron chi connectivity index (χ3n) is 5.46. The highest BCUT2D eigenvalue weighted by molar-refractivity contribution is 5.95. The summed E-state index contributed by atoms with van der Waals surface area (Å²) in [5, 5.41) is 15.8. The standard InChI is InChI=1S/C23H33N5/c1-5-6-7-17(16(11-24)12-25)19-10-23(3,4)9-8-18(19)21-15(2)14-28-22(27)20(21)13-26/h7,11-14,24,26H,5-6,8-10,25H2,1-4H3,(H2,27,28)/b16-12+,17-7+,24-11?,26-13?. The number of nitrogens with two attached hydrogens (primary N) is 2. The largest absolute Gasteiger partial charge is 0.404 e. The Morgan fingerprint density at radius 2 is 2.04 bits per heavy atom. The van der Waals surface area contributed by atoms with E-state index in [1.807, 2.05) is 6.92 Å². The zero-order valence-electron chi connectivity index (χ0n) is 17.5. The number of pyridine rings is 1. The molecule has 1 aliphatic rings. The van der Waals surface area contributed by atoms with Crippen LogP contribution < -0.4 is 11.5 Å². The first-order valence-corrected chi connectivity index (χ1v) is 9.90. The second-order valence-electron chi connectivity index (χ2n) is 8.23. The number of hydrogen-bond donors (Lipinski definition) is 4. The van der Waals surface area contributed by atoms with E-state index in [9.17, 15) is 0 Å². The van der Waals surface area contributed by atoms with Gasteiger partial charge in [0.1, 0.15) is 5.82 Å². The molecule has 2 rings (SSSR count). The van der Waals surface area contributed by atoms with Gasteiger partial charge in [-0.3, -0.25) is 0 Å². The topological polar surface area (TPSA) is 113 Å². The second kappa shape index (κ2) is 9.00. The highest BCUT2D eigenvalue weighted by atomic mass is 14.8. The van der Waals surface area contributed by atoms with Crippen molar-refractivity contribution in [2.45, 2.75) is 59.8 Å². The molecule has 1 aliphatic carbocycles. The van der Waals surface area contributed by atoms with E-state index >= 15 is 0 Å². The van der Waals surface area contributed by atoms with Crippen LogP contribution in [-0.4, -0.2) is 17.4 Å². The lowest BCUT2D eigenvalue weighted by Crippen LogP contribution is -2.21. The van der Waals surface area contributed by atoms with E-state index in [-0.39, 0.29) is 5.41 Å². The van der Waals surface area contributed by atoms with Gasteiger partial charge in [0.2, 0.25) is 0 Å². The van der Waals surface area contributed by atoms with Crippen LogP contribution in [0.4, 0.5) is 5.82 Å². The van der Waals surface area contributed by atoms with Crippen LogP contribution in [0.5, 0.6) is 0 Å². The minimum atomic E-state index is 0.156. The Hall–Kier alpha value is -2.69. The van der Waals surface area contributed by atoms with Crippen LogP contribution in [0.3, 0.4) is 0 Å². The first kappa shape index (κ1) is 21.6. The molecule has 0 saturated carbocycles. The van der Waals surface area contributed by atoms with E-state index in [0.29, 0.717) is 11.4 Å². The van der Waals surface area contributed by atoms with Gasteiger partial charge in [-0.15, -0.1) is 0 Å². The number of allylic oxidation sites excluding steroid dienone is 5. The Labute approximate surface area is 168 Å². The maximum atomic E-state index is 7.91. The summed E-state index contributed by atoms with van der Waals surface area (Å²) in [6.07, 6.45) is 12.9. The molecule has 0 atom stereocenters. The van der Waals surface area contributed by atoms with Gasteiger partial charge >= 0.3 is 0 Å². The lowest BCUT2D eigenvalue weighted by Gasteiger charge is -2.35. The van der Waals surface area contributed by atoms with Gasteiger partial charge in [-0.2, -0.15) is 0 Å². The maximum Gasteiger partial charge on any atom is 0.132 e. The SMILES string of the molecule is CCC/C=C(C1=C(c2c(C)cnc(N)c2C=N)CCC(C)(C)C1)\C(C=N)=C\N. The van der Waals surface area contributed by atoms with E-state index in [0.717, 1.165) is 54.4 Å². The normalized spacial score (nSPS) is 17.6. The molecule has 0 bridgehead atoms. The van der Waals surface area contributed by atoms with Gasteiger partial charge in [0.05, 0.1) is 0 Å². The number of hydrogen-bond acceptors (Lipinski definition) is 5. The highest BCUT2D eigenvalue weighted by Crippen LogP contribution is 2.47. The zero-order valence-corrected chi connectivity index (χ0v) is 17.5. The van der Waals surface area contributed by atoms with Crippen molar-refractivity contribution >= 4 is 23.8 Å². The zero-order chi connectivity index (χ0) is 20.9. The van der Waals surface area contributed by atoms with Gasteiger partial charge in [-0.1, -0.05) is 33.3 Å². The van der Waals surface area contributed by atoms with Crippen molar-refractivity contribution in [3.8, 4) is 0 Å². The van der Waals surface area contributed by atoms with Crippen LogP contribution in [0.25, 0.3) is 5.57 Å². The maximum absolute atomic E-state index is 7.91. The summed E-state index contributed by atoms with van der Waals surface area (Å²) >= 11 is 0. The van der Waals surface area contributed by atoms with E-state index in [2.05, 4.69) is 31.8 Å². The Bertz CT molecular complexity index is 856. The molecule has 28 heavy (non-hydrogen) atoms. The Morgan fingerprint density at radius 1 is 1.32 bits per heavy atom. The van der Waals surface area contributed by atoms with Crippen LogP contribution >= 0.6 is 0 Å². The molecule has 0 spiro atoms. The minimum absolute atomic E-state index is 0.156. The summed E-state index contributed by atoms with van der Waals surface area (Å²) in [5.74, 6) is 0.382. The molecule has 150 valence electrons. The van der Waals surface area contributed by atoms with Crippen LogP contribution in [0.2, 0.25) is 0 Å². The molecule has 0 aliphatic heterocycles. The molecule has 0 fully saturated rings. The van der Waals surface area contributed by atoms with Gasteiger partial charge in [0.15, 0.2) is 0 Å². The summed E-state index contributed by atoms with van der Waals surface area (Å²) in [4.78, 5) is 4.24. The molecule has 0 aromatic carbocycles. The van der Waals surface area contributed by atoms with Crippen molar-refractivity contribution in [1.29, 1.82) is 10.8 Å². The molecular formula is C23H33N5. The summed E-state index contributed by atoms with van der Waals surface area (Å²) in [6, 6.07) is 0. The molecule has 1 aromatic rings. The molecule has 1 aromatic heterocycles. The van der Waals surface area contributed by atoms with Gasteiger partial charge in [0.25, 0.3) is 0 Å². The van der Waals surface area contributed by atoms with Crippen molar-refractivity contribution in [2.75, 3.05) is 5.73 Å². The molecule has 5 nitrogen and oxygen atoms in total. The van der Waals surface area contributed by atoms with E-state index in [1.165, 1.54) is 29.8 Å². The quantitative estimate of drug-likeness (QED) is 0.388. The van der Waals surface area contributed by atoms with Gasteiger partial charge < -0.3 is 22.3 Å². The molecule has 0 saturated heterocycles. The smallest absolute Gasteiger partial charge is 0.132 e. The predicted molar refractivity (Wildman–Crippen MR) is 120 cm³/mol. The van der Waals surface area contributed by atoms with Gasteiger partial charge in [-0.25, -0.2) is 4.98 Å². The van der Waals surface area contributed by atoms with Gasteiger partial charge in [0, 0.05) is 36.0 Å². The number of aryl methyl sites for hydroxylation is 1. The van der Waals surface area contributed by atoms with E-state index in [4.69, 9.17) is 22.3 Å². The Balaban J connectivity index is 2.86. The highest BCUT2D eigenvalue weighted by Gasteiger charge is 2.31. The third kappa shape index (κ3) is 4.41. The van der Waals surface area contributed by atoms with Crippen LogP contribution in [0.15, 0.2) is 35.2 Å². The molecule has 0 radical (unpaired) electrons. The number of rotatable bonds is 7. The number of aromatic nitrogens is 1. The fourth-order valence-corrected chi connectivity index (χ4v) is 3.93. The third-order valence-corrected chi connectivity index (χ3v) is 5.46. The first-order chi connectivity index (χ1) is 13.3. The molecule has 5 heteroatoms. The lowest BCUT2D eigenvalue weighted by molar-refractivity contribution is 0.327. The average molecular weight is 380 g/mol. The summed E-state index contributed by atoms with van der Waals surface area (Å²) < 4.78 is 0. The molecule has 0 unspecified atom stereocenters. The van der Waals surface area contributed by atoms with Crippen LogP contribution in [-0.2, 0) is 0 Å². The number of anilines is 1. The number of unbranched alkanes of at least 4 members (excludes halogenated alkanes) is 1. The second-order valence-corrected chi connectivity index (χ2v) is 8.23. The number of nitrogens with one attached hydrogen (secondary N) is 2. The first-order valence-electron chi connectivity index (χ1n) is 9.90. The van der Waals surface area contributed by atoms with Crippen molar-refractivity contribution < 1.29 is 0 Å². The van der Waals surface area contributed by atoms with Crippen molar-refractivity contribution in [2.24, 2.45) is 11.1 Å². The number of nitrogen functional groups attached to an aromatic ring is 1. The monoisotopic (exact) mass is 379 g/mol. The average Bonchev–Trinajstić information content (AvgIpc) is 2.66. The van der Waals surface area contributed by atoms with Gasteiger partial charge in [-0.05, 0) is 65.9 Å². The molecular weight excluding hydrogens is 346 g/mol. The van der Waals surface area contributed by atoms with Crippen molar-refractivity contribution in [1.82, 2.24) is 4.98 Å². The molecule has 1 heterocycles. The van der Waals surface area contributed by atoms with E-state index < -0.39 is 0 Å². The summed E-state index contributed by atoms with van der Waals surface area (Å²) in [5.41, 5.74) is 19.0. The Kier molecular flexibility index (Phi) is 6.95. The van der Waals surface area contributed by atoms with Crippen molar-refractivity contribution in [3.05, 3.63) is 51.9 Å². The number of nitrogens with zero attached hydrogens (tertiary/aromatic N) is 1. The lowest BCUT2D eigenvalue weighted by atomic mass is 9.69. The minimum Gasteiger partial charge on any atom is -0.404 e.